The largest absolute Gasteiger partial charge is 0.507 e. The van der Waals surface area contributed by atoms with E-state index in [0.29, 0.717) is 22.9 Å². The first-order valence-electron chi connectivity index (χ1n) is 11.8. The van der Waals surface area contributed by atoms with Crippen molar-refractivity contribution in [3.05, 3.63) is 64.6 Å². The average molecular weight is 473 g/mol. The molecule has 178 valence electrons. The molecule has 7 heteroatoms. The number of carbonyl (C=O) groups is 2. The zero-order valence-corrected chi connectivity index (χ0v) is 20.2. The van der Waals surface area contributed by atoms with Crippen molar-refractivity contribution in [3.63, 3.8) is 0 Å². The Morgan fingerprint density at radius 3 is 2.24 bits per heavy atom. The molecule has 0 unspecified atom stereocenters. The van der Waals surface area contributed by atoms with E-state index < -0.39 is 17.7 Å². The van der Waals surface area contributed by atoms with Crippen molar-refractivity contribution in [2.24, 2.45) is 0 Å². The number of aliphatic hydroxyl groups is 1. The molecule has 1 fully saturated rings. The molecule has 0 aliphatic carbocycles. The Labute approximate surface area is 200 Å². The summed E-state index contributed by atoms with van der Waals surface area (Å²) < 4.78 is 5.59. The van der Waals surface area contributed by atoms with E-state index in [0.717, 1.165) is 51.7 Å². The van der Waals surface area contributed by atoms with Gasteiger partial charge in [0.2, 0.25) is 0 Å². The number of benzene rings is 1. The zero-order chi connectivity index (χ0) is 23.8. The maximum absolute atomic E-state index is 13.0. The molecular weight excluding hydrogens is 440 g/mol. The molecule has 1 saturated heterocycles. The van der Waals surface area contributed by atoms with Crippen LogP contribution in [0, 0.1) is 0 Å². The number of unbranched alkanes of at least 4 members (excludes halogenated alkanes) is 2. The second kappa shape index (κ2) is 12.1. The molecule has 0 bridgehead atoms. The molecule has 1 aliphatic heterocycles. The minimum atomic E-state index is -0.754. The zero-order valence-electron chi connectivity index (χ0n) is 19.4. The van der Waals surface area contributed by atoms with Gasteiger partial charge in [-0.05, 0) is 75.3 Å². The van der Waals surface area contributed by atoms with Gasteiger partial charge in [0.25, 0.3) is 11.7 Å². The van der Waals surface area contributed by atoms with Crippen LogP contribution in [0.2, 0.25) is 5.02 Å². The molecule has 0 spiro atoms. The van der Waals surface area contributed by atoms with Gasteiger partial charge in [-0.1, -0.05) is 38.3 Å². The highest BCUT2D eigenvalue weighted by atomic mass is 35.5. The van der Waals surface area contributed by atoms with Crippen molar-refractivity contribution < 1.29 is 19.1 Å². The lowest BCUT2D eigenvalue weighted by Crippen LogP contribution is -2.34. The van der Waals surface area contributed by atoms with E-state index >= 15 is 0 Å². The fraction of sp³-hybridized carbons (Fsp3) is 0.462. The Bertz CT molecular complexity index is 945. The Morgan fingerprint density at radius 1 is 1.03 bits per heavy atom. The van der Waals surface area contributed by atoms with Gasteiger partial charge in [-0.25, -0.2) is 0 Å². The number of halogens is 1. The van der Waals surface area contributed by atoms with Crippen LogP contribution in [0.4, 0.5) is 0 Å². The Kier molecular flexibility index (Phi) is 9.15. The molecular formula is C26H33ClN2O4. The molecule has 3 rings (SSSR count). The molecule has 1 aromatic carbocycles. The number of carbonyl (C=O) groups excluding carboxylic acids is 2. The Balaban J connectivity index is 1.83. The number of hydrogen-bond acceptors (Lipinski definition) is 5. The fourth-order valence-electron chi connectivity index (χ4n) is 4.18. The number of hydrogen-bond donors (Lipinski definition) is 1. The third-order valence-corrected chi connectivity index (χ3v) is 6.25. The van der Waals surface area contributed by atoms with Gasteiger partial charge < -0.3 is 19.3 Å². The normalized spacial score (nSPS) is 17.9. The number of likely N-dealkylation sites (tertiary alicyclic amines) is 1. The van der Waals surface area contributed by atoms with Gasteiger partial charge in [-0.2, -0.15) is 0 Å². The van der Waals surface area contributed by atoms with Crippen LogP contribution in [-0.2, 0) is 9.59 Å². The third-order valence-electron chi connectivity index (χ3n) is 6.00. The van der Waals surface area contributed by atoms with Gasteiger partial charge in [0, 0.05) is 17.1 Å². The minimum Gasteiger partial charge on any atom is -0.507 e. The summed E-state index contributed by atoms with van der Waals surface area (Å²) in [7, 11) is 0. The molecule has 6 nitrogen and oxygen atoms in total. The van der Waals surface area contributed by atoms with E-state index in [9.17, 15) is 14.7 Å². The van der Waals surface area contributed by atoms with Crippen LogP contribution in [0.25, 0.3) is 5.76 Å². The van der Waals surface area contributed by atoms with Crippen molar-refractivity contribution in [2.75, 3.05) is 26.2 Å². The van der Waals surface area contributed by atoms with E-state index in [1.165, 1.54) is 11.2 Å². The highest BCUT2D eigenvalue weighted by molar-refractivity contribution is 6.46. The smallest absolute Gasteiger partial charge is 0.295 e. The maximum Gasteiger partial charge on any atom is 0.295 e. The van der Waals surface area contributed by atoms with Crippen molar-refractivity contribution in [1.82, 2.24) is 9.80 Å². The van der Waals surface area contributed by atoms with Crippen molar-refractivity contribution in [1.29, 1.82) is 0 Å². The van der Waals surface area contributed by atoms with Crippen LogP contribution >= 0.6 is 11.6 Å². The number of amides is 1. The Hall–Kier alpha value is -2.57. The number of ketones is 1. The summed E-state index contributed by atoms with van der Waals surface area (Å²) in [5.41, 5.74) is 0.477. The first-order valence-corrected chi connectivity index (χ1v) is 12.2. The molecule has 1 amide bonds. The lowest BCUT2D eigenvalue weighted by molar-refractivity contribution is -0.140. The lowest BCUT2D eigenvalue weighted by atomic mass is 9.99. The first-order chi connectivity index (χ1) is 16.0. The van der Waals surface area contributed by atoms with E-state index in [1.807, 2.05) is 0 Å². The van der Waals surface area contributed by atoms with E-state index in [4.69, 9.17) is 16.0 Å². The summed E-state index contributed by atoms with van der Waals surface area (Å²) in [4.78, 5) is 29.9. The van der Waals surface area contributed by atoms with Gasteiger partial charge in [-0.3, -0.25) is 9.59 Å². The second-order valence-corrected chi connectivity index (χ2v) is 8.85. The van der Waals surface area contributed by atoms with E-state index in [2.05, 4.69) is 18.7 Å². The first kappa shape index (κ1) is 25.1. The lowest BCUT2D eigenvalue weighted by Gasteiger charge is -2.26. The topological polar surface area (TPSA) is 74.0 Å². The van der Waals surface area contributed by atoms with Crippen molar-refractivity contribution in [2.45, 2.75) is 52.0 Å². The summed E-state index contributed by atoms with van der Waals surface area (Å²) >= 11 is 5.96. The summed E-state index contributed by atoms with van der Waals surface area (Å²) in [6, 6.07) is 9.22. The highest BCUT2D eigenvalue weighted by Crippen LogP contribution is 2.39. The predicted octanol–water partition coefficient (Wildman–Crippen LogP) is 5.65. The summed E-state index contributed by atoms with van der Waals surface area (Å²) in [5, 5.41) is 11.5. The number of furan rings is 1. The Morgan fingerprint density at radius 2 is 1.67 bits per heavy atom. The van der Waals surface area contributed by atoms with Crippen LogP contribution < -0.4 is 0 Å². The maximum atomic E-state index is 13.0. The second-order valence-electron chi connectivity index (χ2n) is 8.42. The van der Waals surface area contributed by atoms with Gasteiger partial charge >= 0.3 is 0 Å². The molecule has 1 N–H and O–H groups in total. The number of Topliss-reactive ketones (excluding diaryl/α,β-unsaturated/α-hetero) is 1. The quantitative estimate of drug-likeness (QED) is 0.245. The molecule has 33 heavy (non-hydrogen) atoms. The van der Waals surface area contributed by atoms with E-state index in [1.54, 1.807) is 36.4 Å². The van der Waals surface area contributed by atoms with Crippen LogP contribution in [0.1, 0.15) is 63.3 Å². The van der Waals surface area contributed by atoms with Crippen LogP contribution in [0.15, 0.2) is 52.7 Å². The third kappa shape index (κ3) is 6.06. The van der Waals surface area contributed by atoms with Gasteiger partial charge in [0.05, 0.1) is 11.8 Å². The SMILES string of the molecule is CCCCN(CCCC)CCCN1C(=O)C(=O)C(=C(O)c2ccc(Cl)cc2)[C@@H]1c1ccco1. The van der Waals surface area contributed by atoms with E-state index in [-0.39, 0.29) is 11.3 Å². The van der Waals surface area contributed by atoms with Crippen LogP contribution in [-0.4, -0.2) is 52.8 Å². The van der Waals surface area contributed by atoms with Gasteiger partial charge in [-0.15, -0.1) is 0 Å². The predicted molar refractivity (Wildman–Crippen MR) is 130 cm³/mol. The molecule has 1 aromatic heterocycles. The van der Waals surface area contributed by atoms with Gasteiger partial charge in [0.1, 0.15) is 17.6 Å². The summed E-state index contributed by atoms with van der Waals surface area (Å²) in [6.45, 7) is 7.69. The average Bonchev–Trinajstić information content (AvgIpc) is 3.43. The highest BCUT2D eigenvalue weighted by Gasteiger charge is 2.47. The molecule has 1 atom stereocenters. The standard InChI is InChI=1S/C26H33ClN2O4/c1-3-5-14-28(15-6-4-2)16-8-17-29-23(21-9-7-18-33-21)22(25(31)26(29)32)24(30)19-10-12-20(27)13-11-19/h7,9-13,18,23,30H,3-6,8,14-17H2,1-2H3/t23-/m0/s1. The fourth-order valence-corrected chi connectivity index (χ4v) is 4.31. The molecule has 2 heterocycles. The minimum absolute atomic E-state index is 0.0473. The van der Waals surface area contributed by atoms with Crippen molar-refractivity contribution >= 4 is 29.1 Å². The van der Waals surface area contributed by atoms with Crippen LogP contribution in [0.5, 0.6) is 0 Å². The summed E-state index contributed by atoms with van der Waals surface area (Å²) in [5.74, 6) is -1.07. The summed E-state index contributed by atoms with van der Waals surface area (Å²) in [6.07, 6.45) is 6.80. The number of nitrogens with zero attached hydrogens (tertiary/aromatic N) is 2. The molecule has 1 aliphatic rings. The molecule has 0 saturated carbocycles. The number of aliphatic hydroxyl groups excluding tert-OH is 1. The number of rotatable bonds is 12. The van der Waals surface area contributed by atoms with Gasteiger partial charge in [0.15, 0.2) is 0 Å². The van der Waals surface area contributed by atoms with Crippen molar-refractivity contribution in [3.8, 4) is 0 Å². The monoisotopic (exact) mass is 472 g/mol. The van der Waals surface area contributed by atoms with Crippen LogP contribution in [0.3, 0.4) is 0 Å². The molecule has 2 aromatic rings. The molecule has 0 radical (unpaired) electrons.